The average Bonchev–Trinajstić information content (AvgIpc) is 2.64. The molecule has 1 fully saturated rings. The predicted molar refractivity (Wildman–Crippen MR) is 85.8 cm³/mol. The molecule has 2 heteroatoms. The molecule has 2 aliphatic rings. The van der Waals surface area contributed by atoms with Gasteiger partial charge in [-0.1, -0.05) is 51.0 Å². The minimum Gasteiger partial charge on any atom is -0.847 e. The van der Waals surface area contributed by atoms with Gasteiger partial charge in [0.2, 0.25) is 0 Å². The monoisotopic (exact) mass is 291 g/mol. The smallest absolute Gasteiger partial charge is 0.0579 e. The lowest BCUT2D eigenvalue weighted by molar-refractivity contribution is -0.446. The summed E-state index contributed by atoms with van der Waals surface area (Å²) in [4.78, 5) is 0. The number of hydrogen-bond acceptors (Lipinski definition) is 2. The first-order chi connectivity index (χ1) is 9.63. The van der Waals surface area contributed by atoms with E-state index in [1.807, 2.05) is 6.08 Å². The summed E-state index contributed by atoms with van der Waals surface area (Å²) in [5.74, 6) is 0.868. The highest BCUT2D eigenvalue weighted by Crippen LogP contribution is 2.55. The summed E-state index contributed by atoms with van der Waals surface area (Å²) < 4.78 is 0. The van der Waals surface area contributed by atoms with Crippen molar-refractivity contribution in [1.82, 2.24) is 0 Å². The summed E-state index contributed by atoms with van der Waals surface area (Å²) in [5.41, 5.74) is 1.89. The van der Waals surface area contributed by atoms with E-state index in [1.54, 1.807) is 13.8 Å². The van der Waals surface area contributed by atoms with Crippen molar-refractivity contribution in [3.63, 3.8) is 0 Å². The fourth-order valence-corrected chi connectivity index (χ4v) is 4.76. The Balaban J connectivity index is 2.10. The quantitative estimate of drug-likeness (QED) is 0.804. The van der Waals surface area contributed by atoms with E-state index in [0.717, 1.165) is 25.7 Å². The molecule has 2 rings (SSSR count). The van der Waals surface area contributed by atoms with Crippen LogP contribution in [-0.4, -0.2) is 16.8 Å². The van der Waals surface area contributed by atoms with E-state index in [-0.39, 0.29) is 11.5 Å². The van der Waals surface area contributed by atoms with Gasteiger partial charge in [-0.05, 0) is 56.3 Å². The van der Waals surface area contributed by atoms with Crippen molar-refractivity contribution in [1.29, 1.82) is 0 Å². The van der Waals surface area contributed by atoms with Gasteiger partial charge in [0.1, 0.15) is 0 Å². The van der Waals surface area contributed by atoms with Crippen LogP contribution in [0.5, 0.6) is 0 Å². The SMILES string of the molecule is C/C(=C/C(C)(C)[O-])C[C@@H](C)C1=CC[C@H]2[C@@H](O)CCC[C@]12C. The fourth-order valence-electron chi connectivity index (χ4n) is 4.76. The second-order valence-electron chi connectivity index (χ2n) is 8.08. The molecule has 1 saturated carbocycles. The molecule has 0 amide bonds. The Bertz CT molecular complexity index is 441. The molecule has 2 aliphatic carbocycles. The van der Waals surface area contributed by atoms with E-state index < -0.39 is 5.60 Å². The van der Waals surface area contributed by atoms with Crippen LogP contribution in [0.25, 0.3) is 0 Å². The molecule has 0 saturated heterocycles. The highest BCUT2D eigenvalue weighted by Gasteiger charge is 2.47. The normalized spacial score (nSPS) is 35.4. The Kier molecular flexibility index (Phi) is 4.70. The molecule has 0 unspecified atom stereocenters. The molecule has 120 valence electrons. The van der Waals surface area contributed by atoms with Crippen molar-refractivity contribution in [3.05, 3.63) is 23.3 Å². The molecule has 0 spiro atoms. The number of hydrogen-bond donors (Lipinski definition) is 1. The molecule has 0 aromatic carbocycles. The molecular formula is C19H31O2-. The van der Waals surface area contributed by atoms with E-state index >= 15 is 0 Å². The number of rotatable bonds is 4. The third kappa shape index (κ3) is 3.60. The molecule has 0 radical (unpaired) electrons. The highest BCUT2D eigenvalue weighted by molar-refractivity contribution is 5.27. The minimum atomic E-state index is -0.985. The van der Waals surface area contributed by atoms with Crippen molar-refractivity contribution in [3.8, 4) is 0 Å². The predicted octanol–water partition coefficient (Wildman–Crippen LogP) is 3.60. The van der Waals surface area contributed by atoms with Crippen LogP contribution in [0.4, 0.5) is 0 Å². The largest absolute Gasteiger partial charge is 0.847 e. The Labute approximate surface area is 130 Å². The van der Waals surface area contributed by atoms with E-state index in [0.29, 0.717) is 11.8 Å². The molecule has 2 nitrogen and oxygen atoms in total. The van der Waals surface area contributed by atoms with Crippen LogP contribution in [0.2, 0.25) is 0 Å². The lowest BCUT2D eigenvalue weighted by Crippen LogP contribution is -2.39. The molecule has 0 aromatic rings. The molecule has 0 bridgehead atoms. The summed E-state index contributed by atoms with van der Waals surface area (Å²) in [6, 6.07) is 0. The highest BCUT2D eigenvalue weighted by atomic mass is 16.3. The van der Waals surface area contributed by atoms with Crippen molar-refractivity contribution in [2.45, 2.75) is 78.4 Å². The topological polar surface area (TPSA) is 43.3 Å². The number of fused-ring (bicyclic) bond motifs is 1. The molecular weight excluding hydrogens is 260 g/mol. The lowest BCUT2D eigenvalue weighted by Gasteiger charge is -2.43. The van der Waals surface area contributed by atoms with Gasteiger partial charge < -0.3 is 10.2 Å². The Hall–Kier alpha value is -0.600. The Morgan fingerprint density at radius 2 is 2.24 bits per heavy atom. The van der Waals surface area contributed by atoms with Crippen LogP contribution in [0, 0.1) is 17.3 Å². The molecule has 0 aromatic heterocycles. The lowest BCUT2D eigenvalue weighted by atomic mass is 9.63. The van der Waals surface area contributed by atoms with Crippen LogP contribution in [-0.2, 0) is 0 Å². The third-order valence-electron chi connectivity index (χ3n) is 5.48. The molecule has 4 atom stereocenters. The number of allylic oxidation sites excluding steroid dienone is 3. The van der Waals surface area contributed by atoms with Crippen LogP contribution in [0.1, 0.15) is 66.7 Å². The summed E-state index contributed by atoms with van der Waals surface area (Å²) in [7, 11) is 0. The van der Waals surface area contributed by atoms with Gasteiger partial charge >= 0.3 is 0 Å². The van der Waals surface area contributed by atoms with Gasteiger partial charge in [-0.15, -0.1) is 5.60 Å². The van der Waals surface area contributed by atoms with E-state index in [2.05, 4.69) is 26.8 Å². The fraction of sp³-hybridized carbons (Fsp3) is 0.789. The van der Waals surface area contributed by atoms with Crippen molar-refractivity contribution in [2.24, 2.45) is 17.3 Å². The van der Waals surface area contributed by atoms with Crippen LogP contribution < -0.4 is 5.11 Å². The van der Waals surface area contributed by atoms with Gasteiger partial charge in [0.25, 0.3) is 0 Å². The molecule has 1 N–H and O–H groups in total. The minimum absolute atomic E-state index is 0.137. The third-order valence-corrected chi connectivity index (χ3v) is 5.48. The number of aliphatic hydroxyl groups is 1. The zero-order chi connectivity index (χ0) is 15.8. The van der Waals surface area contributed by atoms with Crippen LogP contribution >= 0.6 is 0 Å². The first kappa shape index (κ1) is 16.8. The van der Waals surface area contributed by atoms with E-state index in [9.17, 15) is 10.2 Å². The second kappa shape index (κ2) is 5.89. The standard InChI is InChI=1S/C19H31O2/c1-13(12-18(3,4)21)11-14(2)15-8-9-16-17(20)7-6-10-19(15,16)5/h8,12,14,16-17,20H,6-7,9-11H2,1-5H3/q-1/b13-12-/t14-,16+,17+,19-/m1/s1. The van der Waals surface area contributed by atoms with Gasteiger partial charge in [0.15, 0.2) is 0 Å². The first-order valence-corrected chi connectivity index (χ1v) is 8.41. The summed E-state index contributed by atoms with van der Waals surface area (Å²) in [6.45, 7) is 10.1. The zero-order valence-corrected chi connectivity index (χ0v) is 14.3. The maximum atomic E-state index is 11.8. The second-order valence-corrected chi connectivity index (χ2v) is 8.08. The Morgan fingerprint density at radius 3 is 2.86 bits per heavy atom. The van der Waals surface area contributed by atoms with E-state index in [1.165, 1.54) is 17.6 Å². The van der Waals surface area contributed by atoms with Crippen molar-refractivity contribution >= 4 is 0 Å². The van der Waals surface area contributed by atoms with Gasteiger partial charge in [0, 0.05) is 0 Å². The van der Waals surface area contributed by atoms with Crippen molar-refractivity contribution in [2.75, 3.05) is 0 Å². The van der Waals surface area contributed by atoms with Gasteiger partial charge in [-0.2, -0.15) is 0 Å². The summed E-state index contributed by atoms with van der Waals surface area (Å²) in [6.07, 6.45) is 9.35. The van der Waals surface area contributed by atoms with E-state index in [4.69, 9.17) is 0 Å². The zero-order valence-electron chi connectivity index (χ0n) is 14.3. The van der Waals surface area contributed by atoms with Gasteiger partial charge in [-0.3, -0.25) is 0 Å². The average molecular weight is 291 g/mol. The van der Waals surface area contributed by atoms with Crippen LogP contribution in [0.3, 0.4) is 0 Å². The van der Waals surface area contributed by atoms with Gasteiger partial charge in [-0.25, -0.2) is 0 Å². The molecule has 21 heavy (non-hydrogen) atoms. The summed E-state index contributed by atoms with van der Waals surface area (Å²) >= 11 is 0. The van der Waals surface area contributed by atoms with Crippen molar-refractivity contribution < 1.29 is 10.2 Å². The maximum absolute atomic E-state index is 11.8. The first-order valence-electron chi connectivity index (χ1n) is 8.41. The molecule has 0 aliphatic heterocycles. The van der Waals surface area contributed by atoms with Gasteiger partial charge in [0.05, 0.1) is 6.10 Å². The summed E-state index contributed by atoms with van der Waals surface area (Å²) in [5, 5.41) is 22.1. The Morgan fingerprint density at radius 1 is 1.57 bits per heavy atom. The number of aliphatic hydroxyl groups excluding tert-OH is 1. The van der Waals surface area contributed by atoms with Crippen LogP contribution in [0.15, 0.2) is 23.3 Å². The maximum Gasteiger partial charge on any atom is 0.0579 e. The molecule has 0 heterocycles.